The molecule has 2 N–H and O–H groups in total. The molecule has 0 saturated heterocycles. The van der Waals surface area contributed by atoms with E-state index in [2.05, 4.69) is 15.0 Å². The fraction of sp³-hybridized carbons (Fsp3) is 0.0833. The Morgan fingerprint density at radius 1 is 1.20 bits per heavy atom. The summed E-state index contributed by atoms with van der Waals surface area (Å²) in [5, 5.41) is -0.0990. The number of pyridine rings is 1. The molecule has 2 heterocycles. The van der Waals surface area contributed by atoms with Crippen molar-refractivity contribution < 1.29 is 13.2 Å². The Balaban J connectivity index is 2.26. The number of nitrogens with zero attached hydrogens (tertiary/aromatic N) is 3. The molecule has 0 unspecified atom stereocenters. The van der Waals surface area contributed by atoms with E-state index >= 15 is 0 Å². The largest absolute Gasteiger partial charge is 0.417 e. The van der Waals surface area contributed by atoms with Gasteiger partial charge in [-0.15, -0.1) is 0 Å². The first kappa shape index (κ1) is 14.3. The Kier molecular flexibility index (Phi) is 3.89. The van der Waals surface area contributed by atoms with Crippen molar-refractivity contribution in [1.82, 2.24) is 15.0 Å². The van der Waals surface area contributed by atoms with Gasteiger partial charge in [-0.25, -0.2) is 9.97 Å². The van der Waals surface area contributed by atoms with E-state index in [4.69, 9.17) is 17.3 Å². The van der Waals surface area contributed by atoms with Gasteiger partial charge in [0.2, 0.25) is 5.95 Å². The van der Waals surface area contributed by atoms with E-state index in [1.165, 1.54) is 18.3 Å². The highest BCUT2D eigenvalue weighted by Gasteiger charge is 2.31. The van der Waals surface area contributed by atoms with Crippen LogP contribution in [0.1, 0.15) is 17.0 Å². The monoisotopic (exact) mass is 300 g/mol. The van der Waals surface area contributed by atoms with E-state index in [1.807, 2.05) is 0 Å². The van der Waals surface area contributed by atoms with E-state index < -0.39 is 11.7 Å². The van der Waals surface area contributed by atoms with Gasteiger partial charge in [-0.1, -0.05) is 11.6 Å². The van der Waals surface area contributed by atoms with Crippen molar-refractivity contribution in [2.24, 2.45) is 0 Å². The third-order valence-corrected chi connectivity index (χ3v) is 2.61. The van der Waals surface area contributed by atoms with Crippen LogP contribution in [0.2, 0.25) is 5.02 Å². The van der Waals surface area contributed by atoms with Gasteiger partial charge in [0.25, 0.3) is 0 Å². The molecule has 0 aliphatic rings. The van der Waals surface area contributed by atoms with Gasteiger partial charge in [0.1, 0.15) is 0 Å². The lowest BCUT2D eigenvalue weighted by molar-refractivity contribution is -0.137. The molecule has 0 radical (unpaired) electrons. The number of nitrogens with two attached hydrogens (primary N) is 1. The lowest BCUT2D eigenvalue weighted by atomic mass is 10.2. The Labute approximate surface area is 117 Å². The summed E-state index contributed by atoms with van der Waals surface area (Å²) in [5.41, 5.74) is 5.21. The summed E-state index contributed by atoms with van der Waals surface area (Å²) < 4.78 is 37.3. The van der Waals surface area contributed by atoms with Crippen LogP contribution in [0.15, 0.2) is 24.5 Å². The molecule has 0 aromatic carbocycles. The molecule has 0 amide bonds. The topological polar surface area (TPSA) is 64.7 Å². The number of nitrogen functional groups attached to an aromatic ring is 1. The Bertz CT molecular complexity index is 655. The first-order valence-electron chi connectivity index (χ1n) is 5.35. The first-order chi connectivity index (χ1) is 9.36. The summed E-state index contributed by atoms with van der Waals surface area (Å²) in [7, 11) is 0. The minimum absolute atomic E-state index is 0.0959. The van der Waals surface area contributed by atoms with E-state index in [1.54, 1.807) is 6.07 Å². The second-order valence-corrected chi connectivity index (χ2v) is 4.17. The summed E-state index contributed by atoms with van der Waals surface area (Å²) in [4.78, 5) is 11.3. The van der Waals surface area contributed by atoms with Gasteiger partial charge in [0, 0.05) is 12.4 Å². The number of aromatic nitrogens is 3. The lowest BCUT2D eigenvalue weighted by Gasteiger charge is -2.07. The maximum atomic E-state index is 12.4. The molecule has 0 saturated carbocycles. The van der Waals surface area contributed by atoms with Crippen LogP contribution >= 0.6 is 11.6 Å². The number of rotatable bonds is 2. The van der Waals surface area contributed by atoms with Crippen LogP contribution in [0.5, 0.6) is 0 Å². The van der Waals surface area contributed by atoms with E-state index in [9.17, 15) is 13.2 Å². The summed E-state index contributed by atoms with van der Waals surface area (Å²) >= 11 is 5.76. The Morgan fingerprint density at radius 3 is 2.55 bits per heavy atom. The van der Waals surface area contributed by atoms with Crippen molar-refractivity contribution in [3.63, 3.8) is 0 Å². The molecular weight excluding hydrogens is 293 g/mol. The van der Waals surface area contributed by atoms with Crippen LogP contribution in [0.25, 0.3) is 12.2 Å². The van der Waals surface area contributed by atoms with E-state index in [-0.39, 0.29) is 16.7 Å². The van der Waals surface area contributed by atoms with Crippen molar-refractivity contribution in [2.45, 2.75) is 6.18 Å². The summed E-state index contributed by atoms with van der Waals surface area (Å²) in [5.74, 6) is 0.0959. The van der Waals surface area contributed by atoms with Crippen LogP contribution in [0, 0.1) is 0 Å². The first-order valence-corrected chi connectivity index (χ1v) is 5.73. The Hall–Kier alpha value is -2.15. The maximum absolute atomic E-state index is 12.4. The number of alkyl halides is 3. The summed E-state index contributed by atoms with van der Waals surface area (Å²) in [6.45, 7) is 0. The van der Waals surface area contributed by atoms with Crippen molar-refractivity contribution in [3.05, 3.63) is 46.5 Å². The molecule has 2 rings (SSSR count). The van der Waals surface area contributed by atoms with Gasteiger partial charge in [-0.05, 0) is 24.3 Å². The average molecular weight is 301 g/mol. The molecule has 104 valence electrons. The molecule has 0 spiro atoms. The van der Waals surface area contributed by atoms with Gasteiger partial charge in [0.05, 0.1) is 22.0 Å². The standard InChI is InChI=1S/C12H8ClF3N4/c13-9-5-7(12(14,15)16)6-19-10(9)2-1-8-3-4-18-11(17)20-8/h1-6H,(H2,17,18,20). The number of halogens is 4. The zero-order chi connectivity index (χ0) is 14.8. The highest BCUT2D eigenvalue weighted by atomic mass is 35.5. The highest BCUT2D eigenvalue weighted by molar-refractivity contribution is 6.32. The molecule has 0 aliphatic heterocycles. The predicted molar refractivity (Wildman–Crippen MR) is 69.6 cm³/mol. The van der Waals surface area contributed by atoms with Crippen molar-refractivity contribution in [3.8, 4) is 0 Å². The average Bonchev–Trinajstić information content (AvgIpc) is 2.36. The molecule has 0 bridgehead atoms. The normalized spacial score (nSPS) is 12.0. The quantitative estimate of drug-likeness (QED) is 0.924. The summed E-state index contributed by atoms with van der Waals surface area (Å²) in [6, 6.07) is 2.41. The molecule has 0 fully saturated rings. The van der Waals surface area contributed by atoms with Crippen LogP contribution in [-0.4, -0.2) is 15.0 Å². The van der Waals surface area contributed by atoms with Gasteiger partial charge >= 0.3 is 6.18 Å². The van der Waals surface area contributed by atoms with Crippen molar-refractivity contribution in [2.75, 3.05) is 5.73 Å². The van der Waals surface area contributed by atoms with Gasteiger partial charge < -0.3 is 5.73 Å². The van der Waals surface area contributed by atoms with Crippen LogP contribution in [0.3, 0.4) is 0 Å². The van der Waals surface area contributed by atoms with Gasteiger partial charge in [-0.3, -0.25) is 4.98 Å². The minimum Gasteiger partial charge on any atom is -0.368 e. The van der Waals surface area contributed by atoms with Gasteiger partial charge in [0.15, 0.2) is 0 Å². The van der Waals surface area contributed by atoms with E-state index in [0.717, 1.165) is 12.3 Å². The smallest absolute Gasteiger partial charge is 0.368 e. The second-order valence-electron chi connectivity index (χ2n) is 3.76. The lowest BCUT2D eigenvalue weighted by Crippen LogP contribution is -2.05. The molecule has 8 heteroatoms. The molecule has 2 aromatic heterocycles. The SMILES string of the molecule is Nc1nccc(C=Cc2ncc(C(F)(F)F)cc2Cl)n1. The van der Waals surface area contributed by atoms with Gasteiger partial charge in [-0.2, -0.15) is 13.2 Å². The maximum Gasteiger partial charge on any atom is 0.417 e. The fourth-order valence-corrected chi connectivity index (χ4v) is 1.60. The third-order valence-electron chi connectivity index (χ3n) is 2.30. The second kappa shape index (κ2) is 5.46. The number of hydrogen-bond acceptors (Lipinski definition) is 4. The van der Waals surface area contributed by atoms with E-state index in [0.29, 0.717) is 5.69 Å². The molecule has 0 atom stereocenters. The molecule has 20 heavy (non-hydrogen) atoms. The number of hydrogen-bond donors (Lipinski definition) is 1. The van der Waals surface area contributed by atoms with Crippen molar-refractivity contribution in [1.29, 1.82) is 0 Å². The molecular formula is C12H8ClF3N4. The van der Waals surface area contributed by atoms with Crippen molar-refractivity contribution >= 4 is 29.7 Å². The molecule has 2 aromatic rings. The Morgan fingerprint density at radius 2 is 1.95 bits per heavy atom. The predicted octanol–water partition coefficient (Wildman–Crippen LogP) is 3.30. The van der Waals surface area contributed by atoms with Crippen LogP contribution in [0.4, 0.5) is 19.1 Å². The molecule has 4 nitrogen and oxygen atoms in total. The third kappa shape index (κ3) is 3.45. The highest BCUT2D eigenvalue weighted by Crippen LogP contribution is 2.31. The zero-order valence-electron chi connectivity index (χ0n) is 9.89. The summed E-state index contributed by atoms with van der Waals surface area (Å²) in [6.07, 6.45) is 0.688. The minimum atomic E-state index is -4.47. The molecule has 0 aliphatic carbocycles. The van der Waals surface area contributed by atoms with Crippen LogP contribution < -0.4 is 5.73 Å². The fourth-order valence-electron chi connectivity index (χ4n) is 1.37. The van der Waals surface area contributed by atoms with Crippen LogP contribution in [-0.2, 0) is 6.18 Å². The number of anilines is 1. The zero-order valence-corrected chi connectivity index (χ0v) is 10.7.